The summed E-state index contributed by atoms with van der Waals surface area (Å²) >= 11 is 12.6. The van der Waals surface area contributed by atoms with E-state index in [9.17, 15) is 0 Å². The topological polar surface area (TPSA) is 24.1 Å². The van der Waals surface area contributed by atoms with Crippen molar-refractivity contribution in [3.05, 3.63) is 69.7 Å². The van der Waals surface area contributed by atoms with E-state index in [0.29, 0.717) is 10.8 Å². The molecule has 0 aliphatic heterocycles. The van der Waals surface area contributed by atoms with E-state index in [-0.39, 0.29) is 0 Å². The van der Waals surface area contributed by atoms with Crippen molar-refractivity contribution in [1.82, 2.24) is 10.6 Å². The average Bonchev–Trinajstić information content (AvgIpc) is 2.72. The lowest BCUT2D eigenvalue weighted by atomic mass is 9.53. The second-order valence-electron chi connectivity index (χ2n) is 8.89. The maximum atomic E-state index is 6.29. The summed E-state index contributed by atoms with van der Waals surface area (Å²) in [6, 6.07) is 16.3. The summed E-state index contributed by atoms with van der Waals surface area (Å²) in [6.45, 7) is 3.96. The summed E-state index contributed by atoms with van der Waals surface area (Å²) in [5.41, 5.74) is 3.38. The number of rotatable bonds is 8. The molecular weight excluding hydrogens is 387 g/mol. The fourth-order valence-electron chi connectivity index (χ4n) is 5.08. The number of fused-ring (bicyclic) bond motifs is 3. The van der Waals surface area contributed by atoms with Gasteiger partial charge in [0, 0.05) is 36.2 Å². The van der Waals surface area contributed by atoms with Crippen LogP contribution in [0.1, 0.15) is 49.7 Å². The first kappa shape index (κ1) is 20.2. The maximum absolute atomic E-state index is 6.29. The van der Waals surface area contributed by atoms with Crippen LogP contribution in [0.15, 0.2) is 48.5 Å². The van der Waals surface area contributed by atoms with Crippen LogP contribution in [0.5, 0.6) is 0 Å². The van der Waals surface area contributed by atoms with Crippen LogP contribution < -0.4 is 10.6 Å². The van der Waals surface area contributed by atoms with Gasteiger partial charge in [-0.1, -0.05) is 59.6 Å². The lowest BCUT2D eigenvalue weighted by Crippen LogP contribution is -2.49. The lowest BCUT2D eigenvalue weighted by molar-refractivity contribution is -0.00772. The molecule has 2 aromatic carbocycles. The standard InChI is InChI=1S/C24H30Cl2N2/c25-21-7-3-1-5-19(21)15-27-17-23-9-12-24(13-10-23,14-11-23)18-28-16-20-6-2-4-8-22(20)26/h1-8,27-28H,9-18H2. The van der Waals surface area contributed by atoms with E-state index < -0.39 is 0 Å². The van der Waals surface area contributed by atoms with Gasteiger partial charge < -0.3 is 10.6 Å². The molecule has 0 aromatic heterocycles. The molecule has 0 amide bonds. The van der Waals surface area contributed by atoms with Crippen LogP contribution in [-0.2, 0) is 13.1 Å². The van der Waals surface area contributed by atoms with Gasteiger partial charge >= 0.3 is 0 Å². The molecule has 5 rings (SSSR count). The molecule has 3 saturated carbocycles. The second-order valence-corrected chi connectivity index (χ2v) is 9.70. The van der Waals surface area contributed by atoms with E-state index in [1.165, 1.54) is 49.7 Å². The van der Waals surface area contributed by atoms with Crippen LogP contribution in [0.3, 0.4) is 0 Å². The van der Waals surface area contributed by atoms with E-state index in [2.05, 4.69) is 34.9 Å². The molecule has 150 valence electrons. The maximum Gasteiger partial charge on any atom is 0.0450 e. The Balaban J connectivity index is 1.24. The first-order valence-electron chi connectivity index (χ1n) is 10.5. The third-order valence-corrected chi connectivity index (χ3v) is 7.84. The van der Waals surface area contributed by atoms with Crippen molar-refractivity contribution in [3.8, 4) is 0 Å². The molecule has 0 atom stereocenters. The van der Waals surface area contributed by atoms with Crippen LogP contribution in [0, 0.1) is 10.8 Å². The van der Waals surface area contributed by atoms with Gasteiger partial charge in [-0.2, -0.15) is 0 Å². The second kappa shape index (κ2) is 8.75. The highest BCUT2D eigenvalue weighted by Gasteiger charge is 2.47. The molecule has 2 aromatic rings. The Morgan fingerprint density at radius 3 is 1.32 bits per heavy atom. The molecule has 0 radical (unpaired) electrons. The van der Waals surface area contributed by atoms with E-state index in [1.807, 2.05) is 24.3 Å². The molecule has 2 bridgehead atoms. The predicted molar refractivity (Wildman–Crippen MR) is 119 cm³/mol. The fraction of sp³-hybridized carbons (Fsp3) is 0.500. The van der Waals surface area contributed by atoms with Crippen LogP contribution in [0.2, 0.25) is 10.0 Å². The molecule has 3 fully saturated rings. The van der Waals surface area contributed by atoms with Crippen molar-refractivity contribution in [2.24, 2.45) is 10.8 Å². The summed E-state index contributed by atoms with van der Waals surface area (Å²) in [6.07, 6.45) is 8.06. The van der Waals surface area contributed by atoms with E-state index in [1.54, 1.807) is 0 Å². The van der Waals surface area contributed by atoms with Gasteiger partial charge in [0.2, 0.25) is 0 Å². The zero-order valence-electron chi connectivity index (χ0n) is 16.4. The molecule has 2 N–H and O–H groups in total. The van der Waals surface area contributed by atoms with Gasteiger partial charge in [-0.05, 0) is 72.6 Å². The number of hydrogen-bond acceptors (Lipinski definition) is 2. The number of halogens is 2. The van der Waals surface area contributed by atoms with Crippen LogP contribution in [-0.4, -0.2) is 13.1 Å². The highest BCUT2D eigenvalue weighted by molar-refractivity contribution is 6.31. The highest BCUT2D eigenvalue weighted by atomic mass is 35.5. The largest absolute Gasteiger partial charge is 0.312 e. The highest BCUT2D eigenvalue weighted by Crippen LogP contribution is 2.56. The Kier molecular flexibility index (Phi) is 6.32. The lowest BCUT2D eigenvalue weighted by Gasteiger charge is -2.54. The van der Waals surface area contributed by atoms with Crippen molar-refractivity contribution < 1.29 is 0 Å². The summed E-state index contributed by atoms with van der Waals surface area (Å²) in [5.74, 6) is 0. The molecular formula is C24H30Cl2N2. The predicted octanol–water partition coefficient (Wildman–Crippen LogP) is 6.21. The Morgan fingerprint density at radius 2 is 0.964 bits per heavy atom. The molecule has 0 unspecified atom stereocenters. The van der Waals surface area contributed by atoms with Gasteiger partial charge in [-0.25, -0.2) is 0 Å². The first-order chi connectivity index (χ1) is 13.6. The number of nitrogens with one attached hydrogen (secondary N) is 2. The van der Waals surface area contributed by atoms with Crippen molar-refractivity contribution in [1.29, 1.82) is 0 Å². The molecule has 28 heavy (non-hydrogen) atoms. The Hall–Kier alpha value is -1.06. The van der Waals surface area contributed by atoms with Crippen LogP contribution >= 0.6 is 23.2 Å². The fourth-order valence-corrected chi connectivity index (χ4v) is 5.48. The quantitative estimate of drug-likeness (QED) is 0.533. The zero-order valence-corrected chi connectivity index (χ0v) is 18.0. The summed E-state index contributed by atoms with van der Waals surface area (Å²) in [7, 11) is 0. The third-order valence-electron chi connectivity index (χ3n) is 7.10. The van der Waals surface area contributed by atoms with Gasteiger partial charge in [-0.15, -0.1) is 0 Å². The molecule has 4 heteroatoms. The van der Waals surface area contributed by atoms with Crippen molar-refractivity contribution in [2.75, 3.05) is 13.1 Å². The normalized spacial score (nSPS) is 26.5. The van der Waals surface area contributed by atoms with E-state index >= 15 is 0 Å². The minimum Gasteiger partial charge on any atom is -0.312 e. The molecule has 3 aliphatic carbocycles. The first-order valence-corrected chi connectivity index (χ1v) is 11.2. The number of hydrogen-bond donors (Lipinski definition) is 2. The van der Waals surface area contributed by atoms with Gasteiger partial charge in [-0.3, -0.25) is 0 Å². The average molecular weight is 417 g/mol. The summed E-state index contributed by atoms with van der Waals surface area (Å²) in [5, 5.41) is 9.12. The Bertz CT molecular complexity index is 713. The van der Waals surface area contributed by atoms with Crippen molar-refractivity contribution in [3.63, 3.8) is 0 Å². The van der Waals surface area contributed by atoms with Gasteiger partial charge in [0.05, 0.1) is 0 Å². The molecule has 2 nitrogen and oxygen atoms in total. The van der Waals surface area contributed by atoms with Crippen molar-refractivity contribution >= 4 is 23.2 Å². The Morgan fingerprint density at radius 1 is 0.607 bits per heavy atom. The molecule has 0 saturated heterocycles. The van der Waals surface area contributed by atoms with Gasteiger partial charge in [0.1, 0.15) is 0 Å². The van der Waals surface area contributed by atoms with E-state index in [0.717, 1.165) is 36.2 Å². The van der Waals surface area contributed by atoms with E-state index in [4.69, 9.17) is 23.2 Å². The zero-order chi connectivity index (χ0) is 19.5. The minimum absolute atomic E-state index is 0.492. The third kappa shape index (κ3) is 4.57. The minimum atomic E-state index is 0.492. The number of benzene rings is 2. The SMILES string of the molecule is Clc1ccccc1CNCC12CCC(CNCc3ccccc3Cl)(CC1)CC2. The summed E-state index contributed by atoms with van der Waals surface area (Å²) in [4.78, 5) is 0. The molecule has 0 spiro atoms. The van der Waals surface area contributed by atoms with Crippen molar-refractivity contribution in [2.45, 2.75) is 51.6 Å². The monoisotopic (exact) mass is 416 g/mol. The van der Waals surface area contributed by atoms with Crippen LogP contribution in [0.25, 0.3) is 0 Å². The smallest absolute Gasteiger partial charge is 0.0450 e. The van der Waals surface area contributed by atoms with Gasteiger partial charge in [0.25, 0.3) is 0 Å². The van der Waals surface area contributed by atoms with Gasteiger partial charge in [0.15, 0.2) is 0 Å². The Labute approximate surface area is 179 Å². The molecule has 0 heterocycles. The summed E-state index contributed by atoms with van der Waals surface area (Å²) < 4.78 is 0. The van der Waals surface area contributed by atoms with Crippen LogP contribution in [0.4, 0.5) is 0 Å². The molecule has 3 aliphatic rings.